The fraction of sp³-hybridized carbons (Fsp3) is 0.765. The highest BCUT2D eigenvalue weighted by Crippen LogP contribution is 2.17. The average Bonchev–Trinajstić information content (AvgIpc) is 2.93. The maximum absolute atomic E-state index is 12.5. The van der Waals surface area contributed by atoms with Gasteiger partial charge in [-0.2, -0.15) is 0 Å². The van der Waals surface area contributed by atoms with Crippen molar-refractivity contribution in [3.05, 3.63) is 18.2 Å². The van der Waals surface area contributed by atoms with E-state index >= 15 is 0 Å². The fourth-order valence-corrected chi connectivity index (χ4v) is 3.52. The summed E-state index contributed by atoms with van der Waals surface area (Å²) in [5.74, 6) is 1.46. The van der Waals surface area contributed by atoms with E-state index in [4.69, 9.17) is 4.74 Å². The smallest absolute Gasteiger partial charge is 0.248 e. The van der Waals surface area contributed by atoms with Crippen LogP contribution >= 0.6 is 0 Å². The molecule has 24 heavy (non-hydrogen) atoms. The van der Waals surface area contributed by atoms with Gasteiger partial charge in [-0.25, -0.2) is 4.98 Å². The second kappa shape index (κ2) is 8.09. The maximum atomic E-state index is 12.5. The first-order valence-corrected chi connectivity index (χ1v) is 8.92. The molecule has 3 heterocycles. The molecule has 0 saturated carbocycles. The van der Waals surface area contributed by atoms with Gasteiger partial charge in [-0.05, 0) is 14.0 Å². The molecule has 1 saturated heterocycles. The van der Waals surface area contributed by atoms with Gasteiger partial charge in [-0.15, -0.1) is 0 Å². The van der Waals surface area contributed by atoms with Gasteiger partial charge in [0.2, 0.25) is 5.91 Å². The van der Waals surface area contributed by atoms with E-state index < -0.39 is 0 Å². The molecule has 0 N–H and O–H groups in total. The first-order chi connectivity index (χ1) is 11.7. The molecular formula is C17H29N5O2. The zero-order valence-corrected chi connectivity index (χ0v) is 14.9. The number of amides is 1. The van der Waals surface area contributed by atoms with Crippen LogP contribution in [0.3, 0.4) is 0 Å². The molecule has 1 fully saturated rings. The van der Waals surface area contributed by atoms with Crippen LogP contribution in [-0.4, -0.2) is 89.7 Å². The van der Waals surface area contributed by atoms with Crippen LogP contribution in [0.15, 0.2) is 12.4 Å². The lowest BCUT2D eigenvalue weighted by atomic mass is 10.1. The van der Waals surface area contributed by atoms with Gasteiger partial charge in [0.05, 0.1) is 6.54 Å². The van der Waals surface area contributed by atoms with Gasteiger partial charge in [0, 0.05) is 70.7 Å². The van der Waals surface area contributed by atoms with Crippen molar-refractivity contribution in [1.29, 1.82) is 0 Å². The summed E-state index contributed by atoms with van der Waals surface area (Å²) < 4.78 is 7.52. The summed E-state index contributed by atoms with van der Waals surface area (Å²) >= 11 is 0. The molecule has 0 radical (unpaired) electrons. The highest BCUT2D eigenvalue weighted by Gasteiger charge is 2.27. The van der Waals surface area contributed by atoms with Crippen LogP contribution in [0.25, 0.3) is 0 Å². The van der Waals surface area contributed by atoms with Crippen molar-refractivity contribution in [2.45, 2.75) is 20.0 Å². The van der Waals surface area contributed by atoms with E-state index in [1.54, 1.807) is 0 Å². The molecule has 7 nitrogen and oxygen atoms in total. The Morgan fingerprint density at radius 2 is 2.08 bits per heavy atom. The number of nitrogens with zero attached hydrogens (tertiary/aromatic N) is 5. The number of likely N-dealkylation sites (N-methyl/N-ethyl adjacent to an activating group) is 1. The Morgan fingerprint density at radius 1 is 1.29 bits per heavy atom. The van der Waals surface area contributed by atoms with Crippen molar-refractivity contribution in [3.63, 3.8) is 0 Å². The van der Waals surface area contributed by atoms with Gasteiger partial charge >= 0.3 is 0 Å². The highest BCUT2D eigenvalue weighted by molar-refractivity contribution is 5.77. The molecule has 1 amide bonds. The molecule has 0 spiro atoms. The molecule has 2 aliphatic heterocycles. The standard InChI is InChI=1S/C17H29N5O2/c1-3-24-14-17(23)22-12-15(10-20-8-6-19(2)7-9-20)11-21-5-4-18-16(21)13-22/h4-5,15H,3,6-14H2,1-2H3/t15-/m1/s1. The average molecular weight is 335 g/mol. The van der Waals surface area contributed by atoms with E-state index in [-0.39, 0.29) is 12.5 Å². The van der Waals surface area contributed by atoms with E-state index in [1.165, 1.54) is 0 Å². The van der Waals surface area contributed by atoms with Crippen molar-refractivity contribution >= 4 is 5.91 Å². The number of ether oxygens (including phenoxy) is 1. The molecule has 7 heteroatoms. The molecule has 1 aromatic heterocycles. The number of aromatic nitrogens is 2. The summed E-state index contributed by atoms with van der Waals surface area (Å²) in [7, 11) is 2.18. The van der Waals surface area contributed by atoms with E-state index in [0.29, 0.717) is 19.1 Å². The molecule has 0 aliphatic carbocycles. The molecule has 0 bridgehead atoms. The lowest BCUT2D eigenvalue weighted by Crippen LogP contribution is -2.48. The normalized spacial score (nSPS) is 23.1. The van der Waals surface area contributed by atoms with Crippen molar-refractivity contribution in [2.24, 2.45) is 5.92 Å². The fourth-order valence-electron chi connectivity index (χ4n) is 3.52. The van der Waals surface area contributed by atoms with Crippen LogP contribution < -0.4 is 0 Å². The third-order valence-corrected chi connectivity index (χ3v) is 4.96. The molecule has 0 aromatic carbocycles. The summed E-state index contributed by atoms with van der Waals surface area (Å²) in [6, 6.07) is 0. The second-order valence-corrected chi connectivity index (χ2v) is 6.88. The van der Waals surface area contributed by atoms with Crippen LogP contribution in [0.5, 0.6) is 0 Å². The Labute approximate surface area is 144 Å². The quantitative estimate of drug-likeness (QED) is 0.765. The molecule has 2 aliphatic rings. The Balaban J connectivity index is 1.66. The molecule has 1 atom stereocenters. The largest absolute Gasteiger partial charge is 0.372 e. The third-order valence-electron chi connectivity index (χ3n) is 4.96. The Bertz CT molecular complexity index is 539. The van der Waals surface area contributed by atoms with Gasteiger partial charge in [0.1, 0.15) is 12.4 Å². The number of imidazole rings is 1. The number of hydrogen-bond donors (Lipinski definition) is 0. The minimum Gasteiger partial charge on any atom is -0.372 e. The van der Waals surface area contributed by atoms with Crippen LogP contribution in [0.2, 0.25) is 0 Å². The van der Waals surface area contributed by atoms with E-state index in [0.717, 1.165) is 51.6 Å². The first kappa shape index (κ1) is 17.4. The molecule has 134 valence electrons. The summed E-state index contributed by atoms with van der Waals surface area (Å²) in [4.78, 5) is 23.7. The van der Waals surface area contributed by atoms with Crippen molar-refractivity contribution in [2.75, 3.05) is 59.5 Å². The minimum atomic E-state index is 0.0664. The van der Waals surface area contributed by atoms with E-state index in [9.17, 15) is 4.79 Å². The molecular weight excluding hydrogens is 306 g/mol. The number of hydrogen-bond acceptors (Lipinski definition) is 5. The van der Waals surface area contributed by atoms with Crippen LogP contribution in [-0.2, 0) is 22.6 Å². The SMILES string of the molecule is CCOCC(=O)N1Cc2nccn2C[C@@H](CN2CCN(C)CC2)C1. The summed E-state index contributed by atoms with van der Waals surface area (Å²) in [6.07, 6.45) is 3.86. The zero-order chi connectivity index (χ0) is 16.9. The van der Waals surface area contributed by atoms with Gasteiger partial charge in [0.25, 0.3) is 0 Å². The Morgan fingerprint density at radius 3 is 2.83 bits per heavy atom. The number of carbonyl (C=O) groups is 1. The minimum absolute atomic E-state index is 0.0664. The second-order valence-electron chi connectivity index (χ2n) is 6.88. The summed E-state index contributed by atoms with van der Waals surface area (Å²) in [5, 5.41) is 0. The number of rotatable bonds is 5. The molecule has 0 unspecified atom stereocenters. The van der Waals surface area contributed by atoms with Crippen LogP contribution in [0.1, 0.15) is 12.7 Å². The topological polar surface area (TPSA) is 53.8 Å². The van der Waals surface area contributed by atoms with Crippen molar-refractivity contribution in [1.82, 2.24) is 24.3 Å². The summed E-state index contributed by atoms with van der Waals surface area (Å²) in [5.41, 5.74) is 0. The van der Waals surface area contributed by atoms with Crippen LogP contribution in [0, 0.1) is 5.92 Å². The van der Waals surface area contributed by atoms with E-state index in [2.05, 4.69) is 26.4 Å². The van der Waals surface area contributed by atoms with Crippen LogP contribution in [0.4, 0.5) is 0 Å². The predicted octanol–water partition coefficient (Wildman–Crippen LogP) is 0.125. The van der Waals surface area contributed by atoms with Gasteiger partial charge in [-0.1, -0.05) is 0 Å². The lowest BCUT2D eigenvalue weighted by molar-refractivity contribution is -0.137. The van der Waals surface area contributed by atoms with Gasteiger partial charge < -0.3 is 24.0 Å². The Kier molecular flexibility index (Phi) is 5.86. The third kappa shape index (κ3) is 4.34. The lowest BCUT2D eigenvalue weighted by Gasteiger charge is -2.35. The number of piperazine rings is 1. The first-order valence-electron chi connectivity index (χ1n) is 8.92. The highest BCUT2D eigenvalue weighted by atomic mass is 16.5. The number of fused-ring (bicyclic) bond motifs is 1. The molecule has 1 aromatic rings. The summed E-state index contributed by atoms with van der Waals surface area (Å²) in [6.45, 7) is 10.4. The van der Waals surface area contributed by atoms with Gasteiger partial charge in [-0.3, -0.25) is 4.79 Å². The monoisotopic (exact) mass is 335 g/mol. The van der Waals surface area contributed by atoms with E-state index in [1.807, 2.05) is 24.2 Å². The predicted molar refractivity (Wildman–Crippen MR) is 91.6 cm³/mol. The van der Waals surface area contributed by atoms with Gasteiger partial charge in [0.15, 0.2) is 0 Å². The van der Waals surface area contributed by atoms with Crippen molar-refractivity contribution in [3.8, 4) is 0 Å². The van der Waals surface area contributed by atoms with Crippen molar-refractivity contribution < 1.29 is 9.53 Å². The Hall–Kier alpha value is -1.44. The number of carbonyl (C=O) groups excluding carboxylic acids is 1. The molecule has 3 rings (SSSR count). The maximum Gasteiger partial charge on any atom is 0.248 e. The zero-order valence-electron chi connectivity index (χ0n) is 14.9.